The molecule has 0 atom stereocenters. The van der Waals surface area contributed by atoms with Crippen LogP contribution in [0.5, 0.6) is 0 Å². The van der Waals surface area contributed by atoms with E-state index in [1.807, 2.05) is 13.0 Å². The molecule has 0 aromatic heterocycles. The predicted octanol–water partition coefficient (Wildman–Crippen LogP) is 1.98. The molecule has 0 amide bonds. The summed E-state index contributed by atoms with van der Waals surface area (Å²) < 4.78 is 30.8. The quantitative estimate of drug-likeness (QED) is 0.854. The lowest BCUT2D eigenvalue weighted by atomic mass is 10.1. The molecule has 1 aromatic rings. The van der Waals surface area contributed by atoms with E-state index < -0.39 is 21.7 Å². The highest BCUT2D eigenvalue weighted by Crippen LogP contribution is 2.28. The summed E-state index contributed by atoms with van der Waals surface area (Å²) in [7, 11) is -2.61. The van der Waals surface area contributed by atoms with Gasteiger partial charge in [0.05, 0.1) is 12.8 Å². The standard InChI is InChI=1S/C11H14BrNO4S/c1-7-4-8(2)11(9(12)5-7)13-18(15,16)6-10(14)17-3/h4-5,13H,6H2,1-3H3. The molecule has 18 heavy (non-hydrogen) atoms. The van der Waals surface area contributed by atoms with Gasteiger partial charge in [-0.2, -0.15) is 0 Å². The van der Waals surface area contributed by atoms with Crippen molar-refractivity contribution in [3.63, 3.8) is 0 Å². The molecule has 0 aliphatic heterocycles. The van der Waals surface area contributed by atoms with E-state index in [1.54, 1.807) is 13.0 Å². The molecule has 1 rings (SSSR count). The maximum Gasteiger partial charge on any atom is 0.322 e. The molecule has 0 unspecified atom stereocenters. The van der Waals surface area contributed by atoms with E-state index in [1.165, 1.54) is 0 Å². The number of carbonyl (C=O) groups excluding carboxylic acids is 1. The molecule has 0 heterocycles. The zero-order chi connectivity index (χ0) is 13.9. The second kappa shape index (κ2) is 5.71. The Hall–Kier alpha value is -1.08. The van der Waals surface area contributed by atoms with Gasteiger partial charge in [-0.25, -0.2) is 8.42 Å². The smallest absolute Gasteiger partial charge is 0.322 e. The zero-order valence-corrected chi connectivity index (χ0v) is 12.7. The largest absolute Gasteiger partial charge is 0.468 e. The third-order valence-corrected chi connectivity index (χ3v) is 3.98. The van der Waals surface area contributed by atoms with Gasteiger partial charge in [0.1, 0.15) is 0 Å². The van der Waals surface area contributed by atoms with Crippen molar-refractivity contribution in [3.05, 3.63) is 27.7 Å². The summed E-state index contributed by atoms with van der Waals surface area (Å²) in [6, 6.07) is 3.64. The Labute approximate surface area is 115 Å². The monoisotopic (exact) mass is 335 g/mol. The first-order valence-electron chi connectivity index (χ1n) is 5.09. The number of carbonyl (C=O) groups is 1. The van der Waals surface area contributed by atoms with Gasteiger partial charge in [-0.05, 0) is 47.0 Å². The van der Waals surface area contributed by atoms with Crippen molar-refractivity contribution in [2.45, 2.75) is 13.8 Å². The van der Waals surface area contributed by atoms with Crippen molar-refractivity contribution in [1.29, 1.82) is 0 Å². The van der Waals surface area contributed by atoms with Crippen LogP contribution in [0, 0.1) is 13.8 Å². The number of sulfonamides is 1. The second-order valence-corrected chi connectivity index (χ2v) is 6.45. The average molecular weight is 336 g/mol. The number of benzene rings is 1. The van der Waals surface area contributed by atoms with Crippen molar-refractivity contribution in [1.82, 2.24) is 0 Å². The number of anilines is 1. The SMILES string of the molecule is COC(=O)CS(=O)(=O)Nc1c(C)cc(C)cc1Br. The highest BCUT2D eigenvalue weighted by Gasteiger charge is 2.19. The summed E-state index contributed by atoms with van der Waals surface area (Å²) in [5.74, 6) is -1.51. The highest BCUT2D eigenvalue weighted by molar-refractivity contribution is 9.10. The van der Waals surface area contributed by atoms with Gasteiger partial charge in [0.2, 0.25) is 10.0 Å². The fraction of sp³-hybridized carbons (Fsp3) is 0.364. The number of hydrogen-bond donors (Lipinski definition) is 1. The summed E-state index contributed by atoms with van der Waals surface area (Å²) in [5.41, 5.74) is 2.22. The third kappa shape index (κ3) is 3.99. The minimum Gasteiger partial charge on any atom is -0.468 e. The number of halogens is 1. The average Bonchev–Trinajstić information content (AvgIpc) is 2.22. The van der Waals surface area contributed by atoms with Crippen LogP contribution in [0.2, 0.25) is 0 Å². The van der Waals surface area contributed by atoms with Crippen LogP contribution >= 0.6 is 15.9 Å². The number of methoxy groups -OCH3 is 1. The lowest BCUT2D eigenvalue weighted by Crippen LogP contribution is -2.24. The van der Waals surface area contributed by atoms with Gasteiger partial charge in [-0.15, -0.1) is 0 Å². The van der Waals surface area contributed by atoms with Gasteiger partial charge in [0.15, 0.2) is 5.75 Å². The van der Waals surface area contributed by atoms with Crippen LogP contribution in [0.1, 0.15) is 11.1 Å². The Morgan fingerprint density at radius 2 is 2.00 bits per heavy atom. The molecule has 100 valence electrons. The van der Waals surface area contributed by atoms with Crippen LogP contribution in [-0.4, -0.2) is 27.2 Å². The molecule has 0 bridgehead atoms. The van der Waals surface area contributed by atoms with Gasteiger partial charge in [0, 0.05) is 4.47 Å². The molecule has 1 N–H and O–H groups in total. The Morgan fingerprint density at radius 3 is 2.50 bits per heavy atom. The minimum absolute atomic E-state index is 0.435. The Kier molecular flexibility index (Phi) is 4.75. The van der Waals surface area contributed by atoms with Crippen LogP contribution in [0.25, 0.3) is 0 Å². The van der Waals surface area contributed by atoms with E-state index in [0.29, 0.717) is 10.2 Å². The van der Waals surface area contributed by atoms with Crippen LogP contribution in [0.3, 0.4) is 0 Å². The lowest BCUT2D eigenvalue weighted by molar-refractivity contribution is -0.137. The zero-order valence-electron chi connectivity index (χ0n) is 10.3. The Balaban J connectivity index is 3.01. The van der Waals surface area contributed by atoms with Gasteiger partial charge in [-0.1, -0.05) is 6.07 Å². The van der Waals surface area contributed by atoms with Crippen LogP contribution in [0.4, 0.5) is 5.69 Å². The molecule has 0 fully saturated rings. The van der Waals surface area contributed by atoms with Gasteiger partial charge < -0.3 is 4.74 Å². The Bertz CT molecular complexity index is 545. The van der Waals surface area contributed by atoms with E-state index in [4.69, 9.17) is 0 Å². The van der Waals surface area contributed by atoms with Crippen molar-refractivity contribution < 1.29 is 17.9 Å². The number of aryl methyl sites for hydroxylation is 2. The van der Waals surface area contributed by atoms with E-state index in [9.17, 15) is 13.2 Å². The molecular weight excluding hydrogens is 322 g/mol. The molecule has 0 radical (unpaired) electrons. The summed E-state index contributed by atoms with van der Waals surface area (Å²) >= 11 is 3.29. The van der Waals surface area contributed by atoms with Crippen molar-refractivity contribution >= 4 is 37.6 Å². The van der Waals surface area contributed by atoms with Crippen molar-refractivity contribution in [3.8, 4) is 0 Å². The molecule has 7 heteroatoms. The molecule has 0 aliphatic carbocycles. The topological polar surface area (TPSA) is 72.5 Å². The molecule has 5 nitrogen and oxygen atoms in total. The molecule has 1 aromatic carbocycles. The lowest BCUT2D eigenvalue weighted by Gasteiger charge is -2.12. The predicted molar refractivity (Wildman–Crippen MR) is 73.0 cm³/mol. The third-order valence-electron chi connectivity index (χ3n) is 2.22. The summed E-state index contributed by atoms with van der Waals surface area (Å²) in [6.45, 7) is 3.69. The van der Waals surface area contributed by atoms with Crippen molar-refractivity contribution in [2.75, 3.05) is 17.6 Å². The van der Waals surface area contributed by atoms with Gasteiger partial charge >= 0.3 is 5.97 Å². The van der Waals surface area contributed by atoms with E-state index >= 15 is 0 Å². The molecule has 0 spiro atoms. The summed E-state index contributed by atoms with van der Waals surface area (Å²) in [4.78, 5) is 11.0. The number of nitrogens with one attached hydrogen (secondary N) is 1. The highest BCUT2D eigenvalue weighted by atomic mass is 79.9. The van der Waals surface area contributed by atoms with Gasteiger partial charge in [0.25, 0.3) is 0 Å². The second-order valence-electron chi connectivity index (χ2n) is 3.88. The summed E-state index contributed by atoms with van der Waals surface area (Å²) in [5, 5.41) is 0. The number of esters is 1. The first-order chi connectivity index (χ1) is 8.25. The number of rotatable bonds is 4. The maximum atomic E-state index is 11.7. The van der Waals surface area contributed by atoms with E-state index in [0.717, 1.165) is 18.2 Å². The molecule has 0 saturated carbocycles. The minimum atomic E-state index is -3.76. The van der Waals surface area contributed by atoms with Crippen LogP contribution < -0.4 is 4.72 Å². The van der Waals surface area contributed by atoms with E-state index in [-0.39, 0.29) is 0 Å². The van der Waals surface area contributed by atoms with Gasteiger partial charge in [-0.3, -0.25) is 9.52 Å². The molecule has 0 saturated heterocycles. The fourth-order valence-corrected chi connectivity index (χ4v) is 3.44. The molecular formula is C11H14BrNO4S. The fourth-order valence-electron chi connectivity index (χ4n) is 1.45. The first kappa shape index (κ1) is 15.0. The maximum absolute atomic E-state index is 11.7. The summed E-state index contributed by atoms with van der Waals surface area (Å²) in [6.07, 6.45) is 0. The molecule has 0 aliphatic rings. The Morgan fingerprint density at radius 1 is 1.39 bits per heavy atom. The number of ether oxygens (including phenoxy) is 1. The normalized spacial score (nSPS) is 11.1. The van der Waals surface area contributed by atoms with E-state index in [2.05, 4.69) is 25.4 Å². The van der Waals surface area contributed by atoms with Crippen LogP contribution in [-0.2, 0) is 19.6 Å². The van der Waals surface area contributed by atoms with Crippen LogP contribution in [0.15, 0.2) is 16.6 Å². The first-order valence-corrected chi connectivity index (χ1v) is 7.54. The van der Waals surface area contributed by atoms with Crippen molar-refractivity contribution in [2.24, 2.45) is 0 Å². The number of hydrogen-bond acceptors (Lipinski definition) is 4.